The third-order valence-electron chi connectivity index (χ3n) is 3.58. The predicted molar refractivity (Wildman–Crippen MR) is 65.7 cm³/mol. The maximum Gasteiger partial charge on any atom is 0.128 e. The van der Waals surface area contributed by atoms with Gasteiger partial charge in [0.25, 0.3) is 0 Å². The van der Waals surface area contributed by atoms with Gasteiger partial charge in [0.15, 0.2) is 0 Å². The topological polar surface area (TPSA) is 47.3 Å². The predicted octanol–water partition coefficient (Wildman–Crippen LogP) is 2.14. The van der Waals surface area contributed by atoms with Crippen LogP contribution in [-0.4, -0.2) is 24.4 Å². The Hall–Kier alpha value is -0.870. The van der Waals surface area contributed by atoms with Gasteiger partial charge in [0.2, 0.25) is 0 Å². The minimum absolute atomic E-state index is 0.481. The Morgan fingerprint density at radius 1 is 1.59 bits per heavy atom. The third kappa shape index (κ3) is 3.30. The van der Waals surface area contributed by atoms with Crippen molar-refractivity contribution < 1.29 is 9.26 Å². The SMILES string of the molecule is CCc1nocc1CN[C@@H](C)[C@H]1CCCOC1. The number of hydrogen-bond acceptors (Lipinski definition) is 4. The average Bonchev–Trinajstić information content (AvgIpc) is 2.84. The first kappa shape index (κ1) is 12.6. The highest BCUT2D eigenvalue weighted by Crippen LogP contribution is 2.18. The van der Waals surface area contributed by atoms with Gasteiger partial charge in [-0.25, -0.2) is 0 Å². The summed E-state index contributed by atoms with van der Waals surface area (Å²) in [5, 5.41) is 7.53. The number of ether oxygens (including phenoxy) is 1. The molecular weight excluding hydrogens is 216 g/mol. The summed E-state index contributed by atoms with van der Waals surface area (Å²) in [5.41, 5.74) is 2.24. The summed E-state index contributed by atoms with van der Waals surface area (Å²) >= 11 is 0. The lowest BCUT2D eigenvalue weighted by Gasteiger charge is -2.28. The fourth-order valence-electron chi connectivity index (χ4n) is 2.31. The zero-order valence-corrected chi connectivity index (χ0v) is 10.7. The minimum atomic E-state index is 0.481. The molecule has 0 aromatic carbocycles. The van der Waals surface area contributed by atoms with E-state index in [0.717, 1.165) is 31.9 Å². The van der Waals surface area contributed by atoms with Gasteiger partial charge in [-0.2, -0.15) is 0 Å². The van der Waals surface area contributed by atoms with Crippen molar-refractivity contribution in [2.45, 2.75) is 45.7 Å². The Kier molecular flexibility index (Phi) is 4.57. The van der Waals surface area contributed by atoms with E-state index in [1.807, 2.05) is 0 Å². The van der Waals surface area contributed by atoms with E-state index >= 15 is 0 Å². The van der Waals surface area contributed by atoms with Crippen LogP contribution in [-0.2, 0) is 17.7 Å². The van der Waals surface area contributed by atoms with Gasteiger partial charge >= 0.3 is 0 Å². The lowest BCUT2D eigenvalue weighted by Crippen LogP contribution is -2.37. The van der Waals surface area contributed by atoms with Crippen LogP contribution in [0.1, 0.15) is 37.9 Å². The first-order chi connectivity index (χ1) is 8.31. The van der Waals surface area contributed by atoms with Crippen LogP contribution in [0, 0.1) is 5.92 Å². The summed E-state index contributed by atoms with van der Waals surface area (Å²) in [4.78, 5) is 0. The summed E-state index contributed by atoms with van der Waals surface area (Å²) in [6.07, 6.45) is 5.12. The highest BCUT2D eigenvalue weighted by Gasteiger charge is 2.20. The highest BCUT2D eigenvalue weighted by atomic mass is 16.5. The molecule has 1 aliphatic heterocycles. The van der Waals surface area contributed by atoms with Crippen LogP contribution in [0.3, 0.4) is 0 Å². The van der Waals surface area contributed by atoms with Gasteiger partial charge in [-0.3, -0.25) is 0 Å². The third-order valence-corrected chi connectivity index (χ3v) is 3.58. The van der Waals surface area contributed by atoms with E-state index in [-0.39, 0.29) is 0 Å². The van der Waals surface area contributed by atoms with Crippen LogP contribution in [0.25, 0.3) is 0 Å². The lowest BCUT2D eigenvalue weighted by molar-refractivity contribution is 0.0417. The molecule has 2 heterocycles. The Balaban J connectivity index is 1.80. The van der Waals surface area contributed by atoms with Crippen molar-refractivity contribution in [3.63, 3.8) is 0 Å². The molecule has 0 amide bonds. The molecule has 0 unspecified atom stereocenters. The molecule has 1 N–H and O–H groups in total. The summed E-state index contributed by atoms with van der Waals surface area (Å²) in [6, 6.07) is 0.481. The zero-order valence-electron chi connectivity index (χ0n) is 10.7. The maximum absolute atomic E-state index is 5.51. The monoisotopic (exact) mass is 238 g/mol. The molecule has 0 spiro atoms. The molecule has 96 valence electrons. The molecule has 1 fully saturated rings. The summed E-state index contributed by atoms with van der Waals surface area (Å²) < 4.78 is 10.5. The second kappa shape index (κ2) is 6.17. The molecule has 17 heavy (non-hydrogen) atoms. The summed E-state index contributed by atoms with van der Waals surface area (Å²) in [7, 11) is 0. The molecule has 1 aliphatic rings. The van der Waals surface area contributed by atoms with Crippen molar-refractivity contribution in [3.8, 4) is 0 Å². The number of nitrogens with one attached hydrogen (secondary N) is 1. The van der Waals surface area contributed by atoms with Crippen molar-refractivity contribution in [3.05, 3.63) is 17.5 Å². The second-order valence-electron chi connectivity index (χ2n) is 4.79. The molecule has 0 bridgehead atoms. The maximum atomic E-state index is 5.51. The van der Waals surface area contributed by atoms with Crippen molar-refractivity contribution in [1.82, 2.24) is 10.5 Å². The summed E-state index contributed by atoms with van der Waals surface area (Å²) in [5.74, 6) is 0.633. The Labute approximate surface area is 103 Å². The van der Waals surface area contributed by atoms with Crippen LogP contribution in [0.15, 0.2) is 10.8 Å². The highest BCUT2D eigenvalue weighted by molar-refractivity contribution is 5.14. The fourth-order valence-corrected chi connectivity index (χ4v) is 2.31. The van der Waals surface area contributed by atoms with E-state index in [0.29, 0.717) is 12.0 Å². The molecule has 1 aromatic heterocycles. The largest absolute Gasteiger partial charge is 0.381 e. The van der Waals surface area contributed by atoms with Crippen LogP contribution in [0.2, 0.25) is 0 Å². The van der Waals surface area contributed by atoms with Crippen molar-refractivity contribution in [2.75, 3.05) is 13.2 Å². The number of rotatable bonds is 5. The number of nitrogens with zero attached hydrogens (tertiary/aromatic N) is 1. The van der Waals surface area contributed by atoms with Crippen LogP contribution >= 0.6 is 0 Å². The molecule has 4 heteroatoms. The molecule has 0 aliphatic carbocycles. The first-order valence-corrected chi connectivity index (χ1v) is 6.54. The molecular formula is C13H22N2O2. The van der Waals surface area contributed by atoms with E-state index in [1.165, 1.54) is 18.4 Å². The van der Waals surface area contributed by atoms with Crippen molar-refractivity contribution in [2.24, 2.45) is 5.92 Å². The average molecular weight is 238 g/mol. The number of aryl methyl sites for hydroxylation is 1. The Bertz CT molecular complexity index is 332. The van der Waals surface area contributed by atoms with Gasteiger partial charge < -0.3 is 14.6 Å². The van der Waals surface area contributed by atoms with E-state index in [2.05, 4.69) is 24.3 Å². The van der Waals surface area contributed by atoms with Crippen LogP contribution in [0.5, 0.6) is 0 Å². The zero-order chi connectivity index (χ0) is 12.1. The molecule has 2 rings (SSSR count). The number of aromatic nitrogens is 1. The molecule has 0 radical (unpaired) electrons. The molecule has 1 aromatic rings. The van der Waals surface area contributed by atoms with Gasteiger partial charge in [-0.15, -0.1) is 0 Å². The van der Waals surface area contributed by atoms with Gasteiger partial charge in [0, 0.05) is 24.8 Å². The van der Waals surface area contributed by atoms with Crippen molar-refractivity contribution in [1.29, 1.82) is 0 Å². The normalized spacial score (nSPS) is 22.6. The quantitative estimate of drug-likeness (QED) is 0.853. The second-order valence-corrected chi connectivity index (χ2v) is 4.79. The number of hydrogen-bond donors (Lipinski definition) is 1. The van der Waals surface area contributed by atoms with Crippen LogP contribution < -0.4 is 5.32 Å². The molecule has 1 saturated heterocycles. The Morgan fingerprint density at radius 2 is 2.47 bits per heavy atom. The first-order valence-electron chi connectivity index (χ1n) is 6.54. The molecule has 2 atom stereocenters. The van der Waals surface area contributed by atoms with E-state index in [9.17, 15) is 0 Å². The van der Waals surface area contributed by atoms with Gasteiger partial charge in [0.1, 0.15) is 6.26 Å². The van der Waals surface area contributed by atoms with Gasteiger partial charge in [-0.05, 0) is 32.1 Å². The Morgan fingerprint density at radius 3 is 3.18 bits per heavy atom. The standard InChI is InChI=1S/C13H22N2O2/c1-3-13-12(9-17-15-13)7-14-10(2)11-5-4-6-16-8-11/h9-11,14H,3-8H2,1-2H3/t10-,11-/m0/s1. The van der Waals surface area contributed by atoms with Gasteiger partial charge in [-0.1, -0.05) is 12.1 Å². The van der Waals surface area contributed by atoms with Crippen molar-refractivity contribution >= 4 is 0 Å². The van der Waals surface area contributed by atoms with Gasteiger partial charge in [0.05, 0.1) is 12.3 Å². The van der Waals surface area contributed by atoms with E-state index < -0.39 is 0 Å². The fraction of sp³-hybridized carbons (Fsp3) is 0.769. The van der Waals surface area contributed by atoms with E-state index in [1.54, 1.807) is 6.26 Å². The van der Waals surface area contributed by atoms with E-state index in [4.69, 9.17) is 9.26 Å². The molecule has 0 saturated carbocycles. The minimum Gasteiger partial charge on any atom is -0.381 e. The lowest BCUT2D eigenvalue weighted by atomic mass is 9.95. The molecule has 4 nitrogen and oxygen atoms in total. The van der Waals surface area contributed by atoms with Crippen LogP contribution in [0.4, 0.5) is 0 Å². The summed E-state index contributed by atoms with van der Waals surface area (Å²) in [6.45, 7) is 6.98. The smallest absolute Gasteiger partial charge is 0.128 e.